The highest BCUT2D eigenvalue weighted by Gasteiger charge is 2.39. The van der Waals surface area contributed by atoms with E-state index in [0.29, 0.717) is 5.78 Å². The Balaban J connectivity index is 2.15. The summed E-state index contributed by atoms with van der Waals surface area (Å²) >= 11 is 0. The van der Waals surface area contributed by atoms with Gasteiger partial charge in [0.2, 0.25) is 0 Å². The van der Waals surface area contributed by atoms with Gasteiger partial charge in [0, 0.05) is 7.11 Å². The van der Waals surface area contributed by atoms with E-state index in [2.05, 4.69) is 6.08 Å². The van der Waals surface area contributed by atoms with Gasteiger partial charge in [0.25, 0.3) is 0 Å². The maximum atomic E-state index is 12.7. The maximum Gasteiger partial charge on any atom is 0.190 e. The van der Waals surface area contributed by atoms with Crippen molar-refractivity contribution >= 4 is 5.78 Å². The molecule has 2 aliphatic rings. The average Bonchev–Trinajstić information content (AvgIpc) is 2.65. The minimum atomic E-state index is -0.486. The number of ketones is 1. The molecule has 0 heterocycles. The van der Waals surface area contributed by atoms with Gasteiger partial charge in [0.1, 0.15) is 5.60 Å². The number of carbonyl (C=O) groups excluding carboxylic acids is 1. The van der Waals surface area contributed by atoms with Gasteiger partial charge in [-0.05, 0) is 44.1 Å². The van der Waals surface area contributed by atoms with Crippen LogP contribution in [0.5, 0.6) is 0 Å². The summed E-state index contributed by atoms with van der Waals surface area (Å²) in [6.45, 7) is 0. The fourth-order valence-electron chi connectivity index (χ4n) is 3.16. The van der Waals surface area contributed by atoms with Gasteiger partial charge < -0.3 is 4.74 Å². The predicted molar refractivity (Wildman–Crippen MR) is 69.0 cm³/mol. The minimum Gasteiger partial charge on any atom is -0.370 e. The Morgan fingerprint density at radius 3 is 2.35 bits per heavy atom. The van der Waals surface area contributed by atoms with Crippen LogP contribution in [0.4, 0.5) is 0 Å². The first-order valence-corrected chi connectivity index (χ1v) is 7.07. The molecule has 0 aromatic heterocycles. The second-order valence-corrected chi connectivity index (χ2v) is 5.42. The van der Waals surface area contributed by atoms with Crippen molar-refractivity contribution in [3.05, 3.63) is 11.6 Å². The number of allylic oxidation sites excluding steroid dienone is 1. The third-order valence-corrected chi connectivity index (χ3v) is 4.30. The molecular formula is C15H24O2. The Bertz CT molecular complexity index is 296. The molecule has 1 fully saturated rings. The number of methoxy groups -OCH3 is 1. The molecule has 0 saturated heterocycles. The van der Waals surface area contributed by atoms with Crippen LogP contribution in [0.15, 0.2) is 11.6 Å². The topological polar surface area (TPSA) is 26.3 Å². The van der Waals surface area contributed by atoms with Crippen LogP contribution in [0, 0.1) is 0 Å². The Kier molecular flexibility index (Phi) is 4.38. The van der Waals surface area contributed by atoms with Crippen molar-refractivity contribution in [2.45, 2.75) is 69.8 Å². The number of ether oxygens (including phenoxy) is 1. The first kappa shape index (κ1) is 12.8. The van der Waals surface area contributed by atoms with E-state index >= 15 is 0 Å². The van der Waals surface area contributed by atoms with Gasteiger partial charge in [-0.15, -0.1) is 0 Å². The normalized spacial score (nSPS) is 24.9. The standard InChI is InChI=1S/C15H24O2/c1-17-15(11-7-2-3-8-12-15)14(16)13-9-5-4-6-10-13/h9H,2-8,10-12H2,1H3. The van der Waals surface area contributed by atoms with Crippen LogP contribution in [-0.2, 0) is 9.53 Å². The Hall–Kier alpha value is -0.630. The van der Waals surface area contributed by atoms with Gasteiger partial charge in [-0.2, -0.15) is 0 Å². The molecule has 2 aliphatic carbocycles. The summed E-state index contributed by atoms with van der Waals surface area (Å²) in [5.41, 5.74) is 0.555. The molecule has 0 amide bonds. The number of hydrogen-bond acceptors (Lipinski definition) is 2. The van der Waals surface area contributed by atoms with Crippen LogP contribution in [0.1, 0.15) is 64.2 Å². The number of hydrogen-bond donors (Lipinski definition) is 0. The molecule has 0 radical (unpaired) electrons. The van der Waals surface area contributed by atoms with Crippen molar-refractivity contribution in [2.24, 2.45) is 0 Å². The highest BCUT2D eigenvalue weighted by molar-refractivity contribution is 6.02. The number of rotatable bonds is 3. The molecule has 0 aromatic carbocycles. The molecule has 0 unspecified atom stereocenters. The van der Waals surface area contributed by atoms with E-state index in [0.717, 1.165) is 50.5 Å². The molecule has 0 aromatic rings. The fraction of sp³-hybridized carbons (Fsp3) is 0.800. The van der Waals surface area contributed by atoms with Gasteiger partial charge in [-0.1, -0.05) is 31.8 Å². The largest absolute Gasteiger partial charge is 0.370 e. The van der Waals surface area contributed by atoms with E-state index in [1.807, 2.05) is 0 Å². The Morgan fingerprint density at radius 1 is 1.12 bits per heavy atom. The van der Waals surface area contributed by atoms with E-state index in [1.54, 1.807) is 7.11 Å². The van der Waals surface area contributed by atoms with Gasteiger partial charge in [-0.3, -0.25) is 4.79 Å². The maximum absolute atomic E-state index is 12.7. The lowest BCUT2D eigenvalue weighted by Gasteiger charge is -2.31. The first-order chi connectivity index (χ1) is 8.28. The summed E-state index contributed by atoms with van der Waals surface area (Å²) in [5.74, 6) is 0.293. The van der Waals surface area contributed by atoms with Crippen molar-refractivity contribution in [3.63, 3.8) is 0 Å². The molecule has 0 bridgehead atoms. The molecule has 17 heavy (non-hydrogen) atoms. The zero-order valence-corrected chi connectivity index (χ0v) is 11.0. The van der Waals surface area contributed by atoms with Crippen LogP contribution < -0.4 is 0 Å². The SMILES string of the molecule is COC1(C(=O)C2=CCCCC2)CCCCCC1. The highest BCUT2D eigenvalue weighted by atomic mass is 16.5. The molecule has 0 atom stereocenters. The van der Waals surface area contributed by atoms with E-state index < -0.39 is 5.60 Å². The van der Waals surface area contributed by atoms with Crippen LogP contribution in [0.25, 0.3) is 0 Å². The molecule has 0 N–H and O–H groups in total. The molecule has 0 aliphatic heterocycles. The van der Waals surface area contributed by atoms with Crippen LogP contribution in [0.2, 0.25) is 0 Å². The molecule has 96 valence electrons. The van der Waals surface area contributed by atoms with Gasteiger partial charge in [0.05, 0.1) is 0 Å². The van der Waals surface area contributed by atoms with Crippen molar-refractivity contribution in [1.82, 2.24) is 0 Å². The van der Waals surface area contributed by atoms with Crippen LogP contribution in [-0.4, -0.2) is 18.5 Å². The monoisotopic (exact) mass is 236 g/mol. The molecular weight excluding hydrogens is 212 g/mol. The quantitative estimate of drug-likeness (QED) is 0.697. The molecule has 2 nitrogen and oxygen atoms in total. The summed E-state index contributed by atoms with van der Waals surface area (Å²) in [7, 11) is 1.71. The lowest BCUT2D eigenvalue weighted by molar-refractivity contribution is -0.138. The second-order valence-electron chi connectivity index (χ2n) is 5.42. The van der Waals surface area contributed by atoms with Crippen molar-refractivity contribution in [1.29, 1.82) is 0 Å². The van der Waals surface area contributed by atoms with Gasteiger partial charge >= 0.3 is 0 Å². The van der Waals surface area contributed by atoms with Crippen molar-refractivity contribution < 1.29 is 9.53 Å². The third-order valence-electron chi connectivity index (χ3n) is 4.30. The van der Waals surface area contributed by atoms with Crippen LogP contribution >= 0.6 is 0 Å². The molecule has 0 spiro atoms. The summed E-state index contributed by atoms with van der Waals surface area (Å²) in [6.07, 6.45) is 13.2. The summed E-state index contributed by atoms with van der Waals surface area (Å²) < 4.78 is 5.68. The lowest BCUT2D eigenvalue weighted by atomic mass is 9.82. The number of carbonyl (C=O) groups is 1. The fourth-order valence-corrected chi connectivity index (χ4v) is 3.16. The number of Topliss-reactive ketones (excluding diaryl/α,β-unsaturated/α-hetero) is 1. The second kappa shape index (κ2) is 5.81. The smallest absolute Gasteiger partial charge is 0.190 e. The minimum absolute atomic E-state index is 0.293. The predicted octanol–water partition coefficient (Wildman–Crippen LogP) is 3.80. The Labute approximate surface area is 104 Å². The van der Waals surface area contributed by atoms with Crippen molar-refractivity contribution in [2.75, 3.05) is 7.11 Å². The molecule has 2 heteroatoms. The summed E-state index contributed by atoms with van der Waals surface area (Å²) in [6, 6.07) is 0. The van der Waals surface area contributed by atoms with Crippen molar-refractivity contribution in [3.8, 4) is 0 Å². The van der Waals surface area contributed by atoms with Crippen LogP contribution in [0.3, 0.4) is 0 Å². The zero-order valence-electron chi connectivity index (χ0n) is 11.0. The highest BCUT2D eigenvalue weighted by Crippen LogP contribution is 2.34. The Morgan fingerprint density at radius 2 is 1.82 bits per heavy atom. The molecule has 1 saturated carbocycles. The summed E-state index contributed by atoms with van der Waals surface area (Å²) in [5, 5.41) is 0. The summed E-state index contributed by atoms with van der Waals surface area (Å²) in [4.78, 5) is 12.7. The van der Waals surface area contributed by atoms with Gasteiger partial charge in [-0.25, -0.2) is 0 Å². The average molecular weight is 236 g/mol. The van der Waals surface area contributed by atoms with E-state index in [1.165, 1.54) is 19.3 Å². The van der Waals surface area contributed by atoms with Gasteiger partial charge in [0.15, 0.2) is 5.78 Å². The van der Waals surface area contributed by atoms with E-state index in [-0.39, 0.29) is 0 Å². The lowest BCUT2D eigenvalue weighted by Crippen LogP contribution is -2.41. The first-order valence-electron chi connectivity index (χ1n) is 7.07. The van der Waals surface area contributed by atoms with E-state index in [9.17, 15) is 4.79 Å². The zero-order chi connectivity index (χ0) is 12.1. The molecule has 2 rings (SSSR count). The third kappa shape index (κ3) is 2.79. The van der Waals surface area contributed by atoms with E-state index in [4.69, 9.17) is 4.74 Å².